The predicted octanol–water partition coefficient (Wildman–Crippen LogP) is 2.40. The second-order valence-corrected chi connectivity index (χ2v) is 4.51. The van der Waals surface area contributed by atoms with E-state index in [0.717, 1.165) is 6.07 Å². The lowest BCUT2D eigenvalue weighted by molar-refractivity contribution is -0.138. The second-order valence-electron chi connectivity index (χ2n) is 4.51. The van der Waals surface area contributed by atoms with Gasteiger partial charge >= 0.3 is 6.18 Å². The lowest BCUT2D eigenvalue weighted by Gasteiger charge is -2.29. The number of benzene rings is 1. The van der Waals surface area contributed by atoms with Crippen LogP contribution in [-0.4, -0.2) is 29.4 Å². The maximum atomic E-state index is 12.9. The summed E-state index contributed by atoms with van der Waals surface area (Å²) in [6, 6.07) is 3.77. The van der Waals surface area contributed by atoms with E-state index in [0.29, 0.717) is 5.69 Å². The van der Waals surface area contributed by atoms with Crippen LogP contribution < -0.4 is 4.90 Å². The Kier molecular flexibility index (Phi) is 5.20. The summed E-state index contributed by atoms with van der Waals surface area (Å²) in [5.74, 6) is 0. The number of alkyl halides is 3. The van der Waals surface area contributed by atoms with Gasteiger partial charge in [-0.3, -0.25) is 0 Å². The fraction of sp³-hybridized carbons (Fsp3) is 0.538. The lowest BCUT2D eigenvalue weighted by Crippen LogP contribution is -2.33. The molecule has 2 N–H and O–H groups in total. The highest BCUT2D eigenvalue weighted by Gasteiger charge is 2.33. The average Bonchev–Trinajstić information content (AvgIpc) is 2.33. The SMILES string of the molecule is CC(C)N(CCO)c1ccc(CO)c(C(F)(F)F)c1. The molecule has 1 rings (SSSR count). The molecule has 0 amide bonds. The number of aliphatic hydroxyl groups excluding tert-OH is 2. The highest BCUT2D eigenvalue weighted by Crippen LogP contribution is 2.35. The molecule has 6 heteroatoms. The Morgan fingerprint density at radius 3 is 2.26 bits per heavy atom. The van der Waals surface area contributed by atoms with Gasteiger partial charge in [0.15, 0.2) is 0 Å². The second kappa shape index (κ2) is 6.25. The van der Waals surface area contributed by atoms with Crippen molar-refractivity contribution in [2.75, 3.05) is 18.1 Å². The van der Waals surface area contributed by atoms with Crippen LogP contribution in [0.5, 0.6) is 0 Å². The summed E-state index contributed by atoms with van der Waals surface area (Å²) < 4.78 is 38.7. The molecule has 19 heavy (non-hydrogen) atoms. The average molecular weight is 277 g/mol. The molecule has 0 saturated heterocycles. The minimum atomic E-state index is -4.50. The van der Waals surface area contributed by atoms with Crippen molar-refractivity contribution in [2.24, 2.45) is 0 Å². The summed E-state index contributed by atoms with van der Waals surface area (Å²) in [6.45, 7) is 3.14. The standard InChI is InChI=1S/C13H18F3NO2/c1-9(2)17(5-6-18)11-4-3-10(8-19)12(7-11)13(14,15)16/h3-4,7,9,18-19H,5-6,8H2,1-2H3. The van der Waals surface area contributed by atoms with Crippen molar-refractivity contribution in [1.29, 1.82) is 0 Å². The monoisotopic (exact) mass is 277 g/mol. The Bertz CT molecular complexity index is 419. The van der Waals surface area contributed by atoms with Crippen molar-refractivity contribution in [3.05, 3.63) is 29.3 Å². The number of hydrogen-bond acceptors (Lipinski definition) is 3. The molecular weight excluding hydrogens is 259 g/mol. The van der Waals surface area contributed by atoms with Crippen LogP contribution in [0.15, 0.2) is 18.2 Å². The number of halogens is 3. The smallest absolute Gasteiger partial charge is 0.395 e. The molecular formula is C13H18F3NO2. The predicted molar refractivity (Wildman–Crippen MR) is 66.9 cm³/mol. The molecule has 0 heterocycles. The number of rotatable bonds is 5. The molecule has 0 aliphatic carbocycles. The van der Waals surface area contributed by atoms with Crippen LogP contribution in [0, 0.1) is 0 Å². The Morgan fingerprint density at radius 2 is 1.84 bits per heavy atom. The van der Waals surface area contributed by atoms with Crippen molar-refractivity contribution < 1.29 is 23.4 Å². The fourth-order valence-corrected chi connectivity index (χ4v) is 1.94. The van der Waals surface area contributed by atoms with Gasteiger partial charge in [0.25, 0.3) is 0 Å². The molecule has 108 valence electrons. The first-order valence-corrected chi connectivity index (χ1v) is 5.99. The molecule has 0 fully saturated rings. The third kappa shape index (κ3) is 3.84. The molecule has 0 bridgehead atoms. The lowest BCUT2D eigenvalue weighted by atomic mass is 10.1. The van der Waals surface area contributed by atoms with Crippen LogP contribution in [0.3, 0.4) is 0 Å². The first-order valence-electron chi connectivity index (χ1n) is 5.99. The highest BCUT2D eigenvalue weighted by molar-refractivity contribution is 5.52. The molecule has 0 radical (unpaired) electrons. The number of nitrogens with zero attached hydrogens (tertiary/aromatic N) is 1. The van der Waals surface area contributed by atoms with Gasteiger partial charge < -0.3 is 15.1 Å². The van der Waals surface area contributed by atoms with E-state index in [2.05, 4.69) is 0 Å². The summed E-state index contributed by atoms with van der Waals surface area (Å²) in [7, 11) is 0. The van der Waals surface area contributed by atoms with Gasteiger partial charge in [-0.15, -0.1) is 0 Å². The molecule has 0 unspecified atom stereocenters. The highest BCUT2D eigenvalue weighted by atomic mass is 19.4. The van der Waals surface area contributed by atoms with Gasteiger partial charge in [0.2, 0.25) is 0 Å². The molecule has 0 aromatic heterocycles. The van der Waals surface area contributed by atoms with Crippen molar-refractivity contribution in [1.82, 2.24) is 0 Å². The quantitative estimate of drug-likeness (QED) is 0.868. The Hall–Kier alpha value is -1.27. The normalized spacial score (nSPS) is 12.0. The van der Waals surface area contributed by atoms with Crippen molar-refractivity contribution >= 4 is 5.69 Å². The largest absolute Gasteiger partial charge is 0.416 e. The summed E-state index contributed by atoms with van der Waals surface area (Å²) in [6.07, 6.45) is -4.50. The van der Waals surface area contributed by atoms with Crippen LogP contribution in [0.25, 0.3) is 0 Å². The maximum absolute atomic E-state index is 12.9. The van der Waals surface area contributed by atoms with Gasteiger partial charge in [0.05, 0.1) is 18.8 Å². The fourth-order valence-electron chi connectivity index (χ4n) is 1.94. The van der Waals surface area contributed by atoms with E-state index in [1.165, 1.54) is 12.1 Å². The summed E-state index contributed by atoms with van der Waals surface area (Å²) >= 11 is 0. The van der Waals surface area contributed by atoms with Crippen LogP contribution in [0.1, 0.15) is 25.0 Å². The molecule has 3 nitrogen and oxygen atoms in total. The zero-order valence-corrected chi connectivity index (χ0v) is 10.9. The first-order chi connectivity index (χ1) is 8.81. The molecule has 0 aliphatic rings. The van der Waals surface area contributed by atoms with E-state index in [-0.39, 0.29) is 24.8 Å². The Labute approximate surface area is 110 Å². The third-order valence-corrected chi connectivity index (χ3v) is 2.87. The topological polar surface area (TPSA) is 43.7 Å². The Balaban J connectivity index is 3.23. The van der Waals surface area contributed by atoms with E-state index in [1.54, 1.807) is 4.90 Å². The van der Waals surface area contributed by atoms with Gasteiger partial charge in [-0.05, 0) is 31.5 Å². The number of anilines is 1. The molecule has 1 aromatic rings. The van der Waals surface area contributed by atoms with Gasteiger partial charge in [-0.1, -0.05) is 6.07 Å². The van der Waals surface area contributed by atoms with Gasteiger partial charge in [0, 0.05) is 18.3 Å². The minimum Gasteiger partial charge on any atom is -0.395 e. The van der Waals surface area contributed by atoms with E-state index < -0.39 is 18.3 Å². The molecule has 0 spiro atoms. The van der Waals surface area contributed by atoms with Crippen molar-refractivity contribution in [3.8, 4) is 0 Å². The van der Waals surface area contributed by atoms with Gasteiger partial charge in [-0.2, -0.15) is 13.2 Å². The van der Waals surface area contributed by atoms with Gasteiger partial charge in [0.1, 0.15) is 0 Å². The molecule has 0 aliphatic heterocycles. The summed E-state index contributed by atoms with van der Waals surface area (Å²) in [5, 5.41) is 17.9. The van der Waals surface area contributed by atoms with Crippen LogP contribution in [-0.2, 0) is 12.8 Å². The van der Waals surface area contributed by atoms with Crippen LogP contribution >= 0.6 is 0 Å². The first kappa shape index (κ1) is 15.8. The van der Waals surface area contributed by atoms with E-state index in [1.807, 2.05) is 13.8 Å². The molecule has 0 saturated carbocycles. The van der Waals surface area contributed by atoms with E-state index >= 15 is 0 Å². The number of hydrogen-bond donors (Lipinski definition) is 2. The maximum Gasteiger partial charge on any atom is 0.416 e. The van der Waals surface area contributed by atoms with Crippen LogP contribution in [0.4, 0.5) is 18.9 Å². The minimum absolute atomic E-state index is 0.0341. The van der Waals surface area contributed by atoms with Gasteiger partial charge in [-0.25, -0.2) is 0 Å². The third-order valence-electron chi connectivity index (χ3n) is 2.87. The molecule has 1 aromatic carbocycles. The zero-order valence-electron chi connectivity index (χ0n) is 10.9. The summed E-state index contributed by atoms with van der Waals surface area (Å²) in [4.78, 5) is 1.68. The van der Waals surface area contributed by atoms with Crippen molar-refractivity contribution in [2.45, 2.75) is 32.7 Å². The van der Waals surface area contributed by atoms with Crippen molar-refractivity contribution in [3.63, 3.8) is 0 Å². The van der Waals surface area contributed by atoms with E-state index in [4.69, 9.17) is 10.2 Å². The Morgan fingerprint density at radius 1 is 1.21 bits per heavy atom. The number of aliphatic hydroxyl groups is 2. The van der Waals surface area contributed by atoms with Crippen LogP contribution in [0.2, 0.25) is 0 Å². The zero-order chi connectivity index (χ0) is 14.6. The molecule has 0 atom stereocenters. The van der Waals surface area contributed by atoms with E-state index in [9.17, 15) is 13.2 Å². The summed E-state index contributed by atoms with van der Waals surface area (Å²) in [5.41, 5.74) is -0.603.